The van der Waals surface area contributed by atoms with E-state index in [1.165, 1.54) is 16.8 Å². The Kier molecular flexibility index (Phi) is 4.37. The van der Waals surface area contributed by atoms with Crippen LogP contribution in [0.25, 0.3) is 0 Å². The van der Waals surface area contributed by atoms with E-state index in [0.717, 1.165) is 24.2 Å². The topological polar surface area (TPSA) is 93.0 Å². The number of carbonyl (C=O) groups is 1. The van der Waals surface area contributed by atoms with Gasteiger partial charge in [0.1, 0.15) is 6.54 Å². The van der Waals surface area contributed by atoms with Crippen LogP contribution in [0.4, 0.5) is 0 Å². The third-order valence-corrected chi connectivity index (χ3v) is 4.39. The molecule has 8 heteroatoms. The number of nitrogens with one attached hydrogen (secondary N) is 1. The van der Waals surface area contributed by atoms with Gasteiger partial charge in [0.2, 0.25) is 5.91 Å². The fourth-order valence-corrected chi connectivity index (χ4v) is 3.22. The number of aromatic amines is 1. The van der Waals surface area contributed by atoms with Crippen molar-refractivity contribution in [3.05, 3.63) is 50.6 Å². The SMILES string of the molecule is Cc1cc(C)n(C[C@H]2CCCN2C(=O)Cn2ccc(=O)[nH]c2=O)n1. The van der Waals surface area contributed by atoms with Gasteiger partial charge in [-0.3, -0.25) is 23.8 Å². The van der Waals surface area contributed by atoms with E-state index >= 15 is 0 Å². The third kappa shape index (κ3) is 3.32. The summed E-state index contributed by atoms with van der Waals surface area (Å²) in [6.07, 6.45) is 3.21. The van der Waals surface area contributed by atoms with Crippen LogP contribution in [0, 0.1) is 13.8 Å². The van der Waals surface area contributed by atoms with Gasteiger partial charge in [-0.05, 0) is 32.8 Å². The highest BCUT2D eigenvalue weighted by Gasteiger charge is 2.29. The number of rotatable bonds is 4. The van der Waals surface area contributed by atoms with Crippen molar-refractivity contribution in [1.82, 2.24) is 24.2 Å². The second-order valence-electron chi connectivity index (χ2n) is 6.23. The van der Waals surface area contributed by atoms with Crippen LogP contribution < -0.4 is 11.2 Å². The molecule has 0 aromatic carbocycles. The number of aromatic nitrogens is 4. The van der Waals surface area contributed by atoms with Gasteiger partial charge in [-0.15, -0.1) is 0 Å². The molecule has 3 rings (SSSR count). The lowest BCUT2D eigenvalue weighted by Gasteiger charge is -2.25. The summed E-state index contributed by atoms with van der Waals surface area (Å²) in [5.41, 5.74) is 1.00. The van der Waals surface area contributed by atoms with Crippen LogP contribution in [0.2, 0.25) is 0 Å². The van der Waals surface area contributed by atoms with Crippen molar-refractivity contribution >= 4 is 5.91 Å². The van der Waals surface area contributed by atoms with Gasteiger partial charge >= 0.3 is 5.69 Å². The number of hydrogen-bond donors (Lipinski definition) is 1. The standard InChI is InChI=1S/C16H21N5O3/c1-11-8-12(2)21(18-11)9-13-4-3-6-20(13)15(23)10-19-7-5-14(22)17-16(19)24/h5,7-8,13H,3-4,6,9-10H2,1-2H3,(H,17,22,24)/t13-/m1/s1. The van der Waals surface area contributed by atoms with Gasteiger partial charge in [0, 0.05) is 24.5 Å². The Labute approximate surface area is 138 Å². The Balaban J connectivity index is 1.72. The maximum absolute atomic E-state index is 12.6. The Hall–Kier alpha value is -2.64. The fraction of sp³-hybridized carbons (Fsp3) is 0.500. The molecule has 2 aromatic rings. The Morgan fingerprint density at radius 1 is 1.38 bits per heavy atom. The number of carbonyl (C=O) groups excluding carboxylic acids is 1. The number of aryl methyl sites for hydroxylation is 2. The van der Waals surface area contributed by atoms with Gasteiger partial charge in [0.15, 0.2) is 0 Å². The van der Waals surface area contributed by atoms with Crippen molar-refractivity contribution in [3.8, 4) is 0 Å². The highest BCUT2D eigenvalue weighted by molar-refractivity contribution is 5.76. The summed E-state index contributed by atoms with van der Waals surface area (Å²) >= 11 is 0. The van der Waals surface area contributed by atoms with E-state index in [4.69, 9.17) is 0 Å². The van der Waals surface area contributed by atoms with Crippen molar-refractivity contribution in [2.24, 2.45) is 0 Å². The molecule has 8 nitrogen and oxygen atoms in total. The summed E-state index contributed by atoms with van der Waals surface area (Å²) in [5.74, 6) is -0.117. The Morgan fingerprint density at radius 2 is 2.17 bits per heavy atom. The van der Waals surface area contributed by atoms with E-state index in [1.807, 2.05) is 29.5 Å². The maximum atomic E-state index is 12.6. The Morgan fingerprint density at radius 3 is 2.83 bits per heavy atom. The number of likely N-dealkylation sites (tertiary alicyclic amines) is 1. The van der Waals surface area contributed by atoms with E-state index in [0.29, 0.717) is 13.1 Å². The minimum absolute atomic E-state index is 0.0662. The second kappa shape index (κ2) is 6.46. The Bertz CT molecular complexity index is 863. The first-order valence-electron chi connectivity index (χ1n) is 8.04. The van der Waals surface area contributed by atoms with Gasteiger partial charge in [-0.2, -0.15) is 5.10 Å². The summed E-state index contributed by atoms with van der Waals surface area (Å²) in [5, 5.41) is 4.46. The van der Waals surface area contributed by atoms with Crippen LogP contribution in [0.1, 0.15) is 24.2 Å². The number of H-pyrrole nitrogens is 1. The monoisotopic (exact) mass is 331 g/mol. The molecule has 1 atom stereocenters. The lowest BCUT2D eigenvalue weighted by atomic mass is 10.2. The predicted molar refractivity (Wildman–Crippen MR) is 87.8 cm³/mol. The molecule has 1 fully saturated rings. The van der Waals surface area contributed by atoms with Crippen LogP contribution in [0.3, 0.4) is 0 Å². The number of amides is 1. The summed E-state index contributed by atoms with van der Waals surface area (Å²) in [6, 6.07) is 3.33. The molecule has 1 saturated heterocycles. The molecule has 1 amide bonds. The molecule has 0 spiro atoms. The van der Waals surface area contributed by atoms with Gasteiger partial charge in [0.25, 0.3) is 5.56 Å². The van der Waals surface area contributed by atoms with Crippen LogP contribution in [0.5, 0.6) is 0 Å². The van der Waals surface area contributed by atoms with E-state index < -0.39 is 11.2 Å². The fourth-order valence-electron chi connectivity index (χ4n) is 3.22. The van der Waals surface area contributed by atoms with Crippen molar-refractivity contribution in [2.45, 2.75) is 45.8 Å². The summed E-state index contributed by atoms with van der Waals surface area (Å²) in [7, 11) is 0. The van der Waals surface area contributed by atoms with Crippen LogP contribution in [-0.4, -0.2) is 42.7 Å². The van der Waals surface area contributed by atoms with Crippen molar-refractivity contribution in [1.29, 1.82) is 0 Å². The van der Waals surface area contributed by atoms with Crippen molar-refractivity contribution < 1.29 is 4.79 Å². The summed E-state index contributed by atoms with van der Waals surface area (Å²) in [6.45, 7) is 5.22. The zero-order valence-electron chi connectivity index (χ0n) is 13.9. The first-order valence-corrected chi connectivity index (χ1v) is 8.04. The molecule has 0 radical (unpaired) electrons. The molecule has 1 N–H and O–H groups in total. The lowest BCUT2D eigenvalue weighted by Crippen LogP contribution is -2.42. The first-order chi connectivity index (χ1) is 11.4. The minimum Gasteiger partial charge on any atom is -0.336 e. The van der Waals surface area contributed by atoms with E-state index in [1.54, 1.807) is 0 Å². The van der Waals surface area contributed by atoms with E-state index in [9.17, 15) is 14.4 Å². The molecule has 0 aliphatic carbocycles. The van der Waals surface area contributed by atoms with E-state index in [-0.39, 0.29) is 18.5 Å². The van der Waals surface area contributed by atoms with Crippen LogP contribution >= 0.6 is 0 Å². The average molecular weight is 331 g/mol. The molecule has 0 bridgehead atoms. The van der Waals surface area contributed by atoms with Crippen molar-refractivity contribution in [3.63, 3.8) is 0 Å². The summed E-state index contributed by atoms with van der Waals surface area (Å²) < 4.78 is 3.15. The van der Waals surface area contributed by atoms with Gasteiger partial charge in [-0.25, -0.2) is 4.79 Å². The number of nitrogens with zero attached hydrogens (tertiary/aromatic N) is 4. The molecule has 1 aliphatic rings. The third-order valence-electron chi connectivity index (χ3n) is 4.39. The summed E-state index contributed by atoms with van der Waals surface area (Å²) in [4.78, 5) is 39.4. The molecule has 0 unspecified atom stereocenters. The molecule has 0 saturated carbocycles. The van der Waals surface area contributed by atoms with Crippen LogP contribution in [-0.2, 0) is 17.9 Å². The minimum atomic E-state index is -0.565. The number of hydrogen-bond acceptors (Lipinski definition) is 4. The van der Waals surface area contributed by atoms with Gasteiger partial charge in [0.05, 0.1) is 18.3 Å². The first kappa shape index (κ1) is 16.2. The predicted octanol–water partition coefficient (Wildman–Crippen LogP) is 0.0411. The maximum Gasteiger partial charge on any atom is 0.328 e. The lowest BCUT2D eigenvalue weighted by molar-refractivity contribution is -0.133. The zero-order valence-corrected chi connectivity index (χ0v) is 13.9. The molecule has 1 aliphatic heterocycles. The van der Waals surface area contributed by atoms with Crippen LogP contribution in [0.15, 0.2) is 27.9 Å². The zero-order chi connectivity index (χ0) is 17.3. The average Bonchev–Trinajstić information content (AvgIpc) is 3.09. The van der Waals surface area contributed by atoms with Crippen molar-refractivity contribution in [2.75, 3.05) is 6.54 Å². The van der Waals surface area contributed by atoms with Gasteiger partial charge in [-0.1, -0.05) is 0 Å². The quantitative estimate of drug-likeness (QED) is 0.856. The highest BCUT2D eigenvalue weighted by atomic mass is 16.2. The molecule has 128 valence electrons. The second-order valence-corrected chi connectivity index (χ2v) is 6.23. The van der Waals surface area contributed by atoms with E-state index in [2.05, 4.69) is 10.1 Å². The normalized spacial score (nSPS) is 17.4. The molecule has 24 heavy (non-hydrogen) atoms. The molecular weight excluding hydrogens is 310 g/mol. The highest BCUT2D eigenvalue weighted by Crippen LogP contribution is 2.20. The molecule has 2 aromatic heterocycles. The largest absolute Gasteiger partial charge is 0.336 e. The molecule has 3 heterocycles. The smallest absolute Gasteiger partial charge is 0.328 e. The van der Waals surface area contributed by atoms with Gasteiger partial charge < -0.3 is 4.90 Å². The molecular formula is C16H21N5O3.